The summed E-state index contributed by atoms with van der Waals surface area (Å²) in [6.07, 6.45) is 6.05. The van der Waals surface area contributed by atoms with Gasteiger partial charge in [0.2, 0.25) is 5.91 Å². The maximum Gasteiger partial charge on any atom is 0.253 e. The number of amides is 2. The van der Waals surface area contributed by atoms with Crippen molar-refractivity contribution in [3.8, 4) is 0 Å². The van der Waals surface area contributed by atoms with Crippen LogP contribution in [0.2, 0.25) is 0 Å². The van der Waals surface area contributed by atoms with Crippen molar-refractivity contribution < 1.29 is 9.59 Å². The Kier molecular flexibility index (Phi) is 7.37. The number of rotatable bonds is 5. The minimum Gasteiger partial charge on any atom is -0.349 e. The van der Waals surface area contributed by atoms with E-state index in [1.165, 1.54) is 6.42 Å². The van der Waals surface area contributed by atoms with E-state index < -0.39 is 0 Å². The van der Waals surface area contributed by atoms with Crippen molar-refractivity contribution in [1.29, 1.82) is 0 Å². The Morgan fingerprint density at radius 2 is 1.84 bits per heavy atom. The topological polar surface area (TPSA) is 70.2 Å². The Bertz CT molecular complexity index is 625. The maximum atomic E-state index is 12.6. The molecule has 2 rings (SSSR count). The first kappa shape index (κ1) is 19.4. The molecule has 0 radical (unpaired) electrons. The zero-order valence-corrected chi connectivity index (χ0v) is 15.7. The van der Waals surface area contributed by atoms with E-state index in [1.54, 1.807) is 12.1 Å². The van der Waals surface area contributed by atoms with E-state index in [0.29, 0.717) is 17.7 Å². The Balaban J connectivity index is 1.98. The van der Waals surface area contributed by atoms with Gasteiger partial charge in [-0.1, -0.05) is 45.2 Å². The fourth-order valence-electron chi connectivity index (χ4n) is 3.00. The highest BCUT2D eigenvalue weighted by Crippen LogP contribution is 2.20. The number of para-hydroxylation sites is 1. The number of hydrogen-bond donors (Lipinski definition) is 3. The van der Waals surface area contributed by atoms with Crippen LogP contribution in [0.4, 0.5) is 5.69 Å². The number of carbonyl (C=O) groups is 2. The van der Waals surface area contributed by atoms with Crippen LogP contribution >= 0.6 is 12.2 Å². The molecule has 3 N–H and O–H groups in total. The highest BCUT2D eigenvalue weighted by molar-refractivity contribution is 7.80. The Labute approximate surface area is 155 Å². The molecule has 136 valence electrons. The number of benzene rings is 1. The predicted molar refractivity (Wildman–Crippen MR) is 105 cm³/mol. The molecule has 0 aromatic heterocycles. The van der Waals surface area contributed by atoms with E-state index >= 15 is 0 Å². The molecular formula is C19H27N3O2S. The zero-order chi connectivity index (χ0) is 18.2. The molecule has 0 atom stereocenters. The summed E-state index contributed by atoms with van der Waals surface area (Å²) in [6.45, 7) is 3.95. The second-order valence-electron chi connectivity index (χ2n) is 6.95. The number of carbonyl (C=O) groups excluding carboxylic acids is 2. The fraction of sp³-hybridized carbons (Fsp3) is 0.526. The number of hydrogen-bond acceptors (Lipinski definition) is 3. The van der Waals surface area contributed by atoms with Gasteiger partial charge in [0.1, 0.15) is 0 Å². The average molecular weight is 362 g/mol. The molecule has 2 amide bonds. The van der Waals surface area contributed by atoms with Gasteiger partial charge in [-0.05, 0) is 43.1 Å². The van der Waals surface area contributed by atoms with Crippen molar-refractivity contribution in [2.24, 2.45) is 5.92 Å². The third-order valence-corrected chi connectivity index (χ3v) is 4.41. The summed E-state index contributed by atoms with van der Waals surface area (Å²) in [5.41, 5.74) is 1.14. The first-order valence-corrected chi connectivity index (χ1v) is 9.37. The van der Waals surface area contributed by atoms with E-state index in [-0.39, 0.29) is 28.9 Å². The van der Waals surface area contributed by atoms with Crippen molar-refractivity contribution in [3.63, 3.8) is 0 Å². The van der Waals surface area contributed by atoms with Crippen molar-refractivity contribution in [1.82, 2.24) is 10.6 Å². The first-order valence-electron chi connectivity index (χ1n) is 8.96. The van der Waals surface area contributed by atoms with E-state index in [4.69, 9.17) is 12.2 Å². The van der Waals surface area contributed by atoms with Crippen LogP contribution in [0.15, 0.2) is 24.3 Å². The minimum absolute atomic E-state index is 0.105. The van der Waals surface area contributed by atoms with Crippen LogP contribution in [0.3, 0.4) is 0 Å². The average Bonchev–Trinajstić information content (AvgIpc) is 2.55. The zero-order valence-electron chi connectivity index (χ0n) is 14.9. The molecule has 1 fully saturated rings. The first-order chi connectivity index (χ1) is 12.0. The third-order valence-electron chi connectivity index (χ3n) is 4.21. The van der Waals surface area contributed by atoms with Gasteiger partial charge in [0.05, 0.1) is 11.3 Å². The molecule has 1 aliphatic rings. The molecular weight excluding hydrogens is 334 g/mol. The highest BCUT2D eigenvalue weighted by Gasteiger charge is 2.19. The number of thiocarbonyl (C=S) groups is 1. The summed E-state index contributed by atoms with van der Waals surface area (Å²) in [7, 11) is 0. The van der Waals surface area contributed by atoms with E-state index in [1.807, 2.05) is 26.0 Å². The van der Waals surface area contributed by atoms with Gasteiger partial charge in [0.25, 0.3) is 5.91 Å². The number of nitrogens with one attached hydrogen (secondary N) is 3. The van der Waals surface area contributed by atoms with Gasteiger partial charge in [0.15, 0.2) is 5.11 Å². The summed E-state index contributed by atoms with van der Waals surface area (Å²) in [6, 6.07) is 7.45. The van der Waals surface area contributed by atoms with Crippen LogP contribution in [0.5, 0.6) is 0 Å². The summed E-state index contributed by atoms with van der Waals surface area (Å²) in [5, 5.41) is 8.95. The summed E-state index contributed by atoms with van der Waals surface area (Å²) in [4.78, 5) is 24.4. The van der Waals surface area contributed by atoms with Crippen molar-refractivity contribution >= 4 is 34.8 Å². The molecule has 0 heterocycles. The third kappa shape index (κ3) is 6.46. The van der Waals surface area contributed by atoms with Gasteiger partial charge in [-0.25, -0.2) is 0 Å². The lowest BCUT2D eigenvalue weighted by Gasteiger charge is -2.23. The van der Waals surface area contributed by atoms with E-state index in [2.05, 4.69) is 16.0 Å². The van der Waals surface area contributed by atoms with Crippen LogP contribution < -0.4 is 16.0 Å². The standard InChI is InChI=1S/C19H27N3O2S/c1-13(2)12-17(23)22-19(25)21-16-11-7-6-10-15(16)18(24)20-14-8-4-3-5-9-14/h6-7,10-11,13-14H,3-5,8-9,12H2,1-2H3,(H,20,24)(H2,21,22,23,25). The van der Waals surface area contributed by atoms with Crippen LogP contribution in [0.1, 0.15) is 62.7 Å². The van der Waals surface area contributed by atoms with Crippen molar-refractivity contribution in [3.05, 3.63) is 29.8 Å². The molecule has 0 aliphatic heterocycles. The summed E-state index contributed by atoms with van der Waals surface area (Å²) >= 11 is 5.20. The predicted octanol–water partition coefficient (Wildman–Crippen LogP) is 3.61. The Morgan fingerprint density at radius 1 is 1.16 bits per heavy atom. The largest absolute Gasteiger partial charge is 0.349 e. The van der Waals surface area contributed by atoms with Gasteiger partial charge in [-0.3, -0.25) is 9.59 Å². The maximum absolute atomic E-state index is 12.6. The van der Waals surface area contributed by atoms with E-state index in [9.17, 15) is 9.59 Å². The van der Waals surface area contributed by atoms with Crippen LogP contribution in [0.25, 0.3) is 0 Å². The molecule has 5 nitrogen and oxygen atoms in total. The molecule has 0 unspecified atom stereocenters. The van der Waals surface area contributed by atoms with Gasteiger partial charge in [-0.15, -0.1) is 0 Å². The minimum atomic E-state index is -0.128. The quantitative estimate of drug-likeness (QED) is 0.701. The molecule has 0 spiro atoms. The van der Waals surface area contributed by atoms with Crippen LogP contribution in [-0.2, 0) is 4.79 Å². The second kappa shape index (κ2) is 9.51. The number of anilines is 1. The smallest absolute Gasteiger partial charge is 0.253 e. The van der Waals surface area contributed by atoms with Gasteiger partial charge < -0.3 is 16.0 Å². The fourth-order valence-corrected chi connectivity index (χ4v) is 3.23. The second-order valence-corrected chi connectivity index (χ2v) is 7.36. The molecule has 25 heavy (non-hydrogen) atoms. The van der Waals surface area contributed by atoms with Crippen molar-refractivity contribution in [2.45, 2.75) is 58.4 Å². The molecule has 1 aromatic carbocycles. The normalized spacial score (nSPS) is 14.8. The molecule has 1 aliphatic carbocycles. The molecule has 1 saturated carbocycles. The lowest BCUT2D eigenvalue weighted by molar-refractivity contribution is -0.120. The van der Waals surface area contributed by atoms with Gasteiger partial charge in [0, 0.05) is 12.5 Å². The van der Waals surface area contributed by atoms with E-state index in [0.717, 1.165) is 25.7 Å². The monoisotopic (exact) mass is 361 g/mol. The highest BCUT2D eigenvalue weighted by atomic mass is 32.1. The van der Waals surface area contributed by atoms with Gasteiger partial charge in [-0.2, -0.15) is 0 Å². The van der Waals surface area contributed by atoms with Crippen molar-refractivity contribution in [2.75, 3.05) is 5.32 Å². The lowest BCUT2D eigenvalue weighted by Crippen LogP contribution is -2.38. The molecule has 6 heteroatoms. The molecule has 1 aromatic rings. The van der Waals surface area contributed by atoms with Crippen LogP contribution in [0, 0.1) is 5.92 Å². The Morgan fingerprint density at radius 3 is 2.52 bits per heavy atom. The molecule has 0 saturated heterocycles. The van der Waals surface area contributed by atoms with Crippen LogP contribution in [-0.4, -0.2) is 23.0 Å². The summed E-state index contributed by atoms with van der Waals surface area (Å²) in [5.74, 6) is 0.0271. The molecule has 0 bridgehead atoms. The Hall–Kier alpha value is -1.95. The van der Waals surface area contributed by atoms with Gasteiger partial charge >= 0.3 is 0 Å². The summed E-state index contributed by atoms with van der Waals surface area (Å²) < 4.78 is 0. The SMILES string of the molecule is CC(C)CC(=O)NC(=S)Nc1ccccc1C(=O)NC1CCCCC1. The lowest BCUT2D eigenvalue weighted by atomic mass is 9.95.